The molecule has 0 aliphatic rings. The highest BCUT2D eigenvalue weighted by Crippen LogP contribution is 2.37. The van der Waals surface area contributed by atoms with Gasteiger partial charge in [0.2, 0.25) is 0 Å². The van der Waals surface area contributed by atoms with Gasteiger partial charge in [-0.05, 0) is 19.2 Å². The maximum absolute atomic E-state index is 13.9. The number of halogens is 5. The van der Waals surface area contributed by atoms with Crippen molar-refractivity contribution in [2.75, 3.05) is 7.05 Å². The molecule has 0 radical (unpaired) electrons. The van der Waals surface area contributed by atoms with E-state index in [1.807, 2.05) is 0 Å². The molecule has 8 heteroatoms. The molecule has 2 rings (SSSR count). The van der Waals surface area contributed by atoms with Gasteiger partial charge in [-0.2, -0.15) is 13.2 Å². The van der Waals surface area contributed by atoms with Gasteiger partial charge in [0, 0.05) is 21.7 Å². The Hall–Kier alpha value is -1.18. The third kappa shape index (κ3) is 2.94. The largest absolute Gasteiger partial charge is 0.443 e. The molecule has 1 atom stereocenters. The molecule has 1 unspecified atom stereocenters. The van der Waals surface area contributed by atoms with E-state index in [0.717, 1.165) is 6.20 Å². The second-order valence-electron chi connectivity index (χ2n) is 3.92. The van der Waals surface area contributed by atoms with Gasteiger partial charge in [-0.15, -0.1) is 11.3 Å². The van der Waals surface area contributed by atoms with Crippen LogP contribution in [-0.2, 0) is 6.18 Å². The maximum atomic E-state index is 13.9. The van der Waals surface area contributed by atoms with Gasteiger partial charge in [0.1, 0.15) is 5.82 Å². The number of aromatic nitrogens is 1. The first-order chi connectivity index (χ1) is 9.34. The molecule has 0 amide bonds. The lowest BCUT2D eigenvalue weighted by atomic mass is 10.1. The van der Waals surface area contributed by atoms with Crippen molar-refractivity contribution in [1.82, 2.24) is 10.3 Å². The van der Waals surface area contributed by atoms with Crippen molar-refractivity contribution >= 4 is 22.9 Å². The minimum Gasteiger partial charge on any atom is -0.308 e. The zero-order chi connectivity index (χ0) is 14.9. The molecule has 2 nitrogen and oxygen atoms in total. The fraction of sp³-hybridized carbons (Fsp3) is 0.250. The van der Waals surface area contributed by atoms with E-state index in [1.165, 1.54) is 25.2 Å². The number of hydrogen-bond donors (Lipinski definition) is 1. The monoisotopic (exact) mass is 324 g/mol. The molecule has 1 aromatic carbocycles. The van der Waals surface area contributed by atoms with Gasteiger partial charge in [0.15, 0.2) is 5.01 Å². The number of benzene rings is 1. The van der Waals surface area contributed by atoms with Crippen LogP contribution < -0.4 is 5.32 Å². The average Bonchev–Trinajstić information content (AvgIpc) is 2.83. The minimum atomic E-state index is -4.51. The standard InChI is InChI=1S/C12H9ClF4N2S/c1-18-10(9-6(13)3-2-4-7(9)14)8-5-19-11(20-8)12(15,16)17/h2-5,10,18H,1H3. The summed E-state index contributed by atoms with van der Waals surface area (Å²) in [6.07, 6.45) is -3.43. The predicted octanol–water partition coefficient (Wildman–Crippen LogP) is 4.26. The topological polar surface area (TPSA) is 24.9 Å². The molecule has 20 heavy (non-hydrogen) atoms. The van der Waals surface area contributed by atoms with E-state index in [2.05, 4.69) is 10.3 Å². The lowest BCUT2D eigenvalue weighted by molar-refractivity contribution is -0.137. The molecule has 0 spiro atoms. The summed E-state index contributed by atoms with van der Waals surface area (Å²) in [5, 5.41) is 1.93. The number of thiazole rings is 1. The Morgan fingerprint density at radius 1 is 1.35 bits per heavy atom. The maximum Gasteiger partial charge on any atom is 0.443 e. The Balaban J connectivity index is 2.45. The molecule has 0 saturated carbocycles. The van der Waals surface area contributed by atoms with Crippen molar-refractivity contribution < 1.29 is 17.6 Å². The van der Waals surface area contributed by atoms with Gasteiger partial charge in [0.25, 0.3) is 0 Å². The van der Waals surface area contributed by atoms with Gasteiger partial charge < -0.3 is 5.32 Å². The Morgan fingerprint density at radius 3 is 2.55 bits per heavy atom. The van der Waals surface area contributed by atoms with Gasteiger partial charge >= 0.3 is 6.18 Å². The molecule has 0 fully saturated rings. The number of rotatable bonds is 3. The Bertz CT molecular complexity index is 591. The van der Waals surface area contributed by atoms with Gasteiger partial charge in [-0.3, -0.25) is 0 Å². The van der Waals surface area contributed by atoms with E-state index in [9.17, 15) is 17.6 Å². The molecular weight excluding hydrogens is 316 g/mol. The second kappa shape index (κ2) is 5.67. The molecule has 0 aliphatic heterocycles. The van der Waals surface area contributed by atoms with E-state index in [-0.39, 0.29) is 15.5 Å². The zero-order valence-electron chi connectivity index (χ0n) is 10.1. The summed E-state index contributed by atoms with van der Waals surface area (Å²) in [7, 11) is 1.51. The van der Waals surface area contributed by atoms with Crippen molar-refractivity contribution in [2.24, 2.45) is 0 Å². The molecular formula is C12H9ClF4N2S. The first-order valence-corrected chi connectivity index (χ1v) is 6.68. The number of nitrogens with one attached hydrogen (secondary N) is 1. The number of alkyl halides is 3. The fourth-order valence-electron chi connectivity index (χ4n) is 1.77. The smallest absolute Gasteiger partial charge is 0.308 e. The summed E-state index contributed by atoms with van der Waals surface area (Å²) in [5.41, 5.74) is 0.106. The van der Waals surface area contributed by atoms with E-state index in [1.54, 1.807) is 0 Å². The van der Waals surface area contributed by atoms with Crippen molar-refractivity contribution in [1.29, 1.82) is 0 Å². The normalized spacial score (nSPS) is 13.5. The van der Waals surface area contributed by atoms with Gasteiger partial charge in [-0.25, -0.2) is 9.37 Å². The van der Waals surface area contributed by atoms with Crippen LogP contribution in [0.1, 0.15) is 21.5 Å². The highest BCUT2D eigenvalue weighted by Gasteiger charge is 2.35. The fourth-order valence-corrected chi connectivity index (χ4v) is 2.94. The Morgan fingerprint density at radius 2 is 2.05 bits per heavy atom. The summed E-state index contributed by atoms with van der Waals surface area (Å²) >= 11 is 6.39. The first-order valence-electron chi connectivity index (χ1n) is 5.48. The average molecular weight is 325 g/mol. The van der Waals surface area contributed by atoms with Crippen LogP contribution in [0, 0.1) is 5.82 Å². The zero-order valence-corrected chi connectivity index (χ0v) is 11.7. The van der Waals surface area contributed by atoms with E-state index in [4.69, 9.17) is 11.6 Å². The summed E-state index contributed by atoms with van der Waals surface area (Å²) in [5.74, 6) is -0.584. The molecule has 1 aromatic heterocycles. The van der Waals surface area contributed by atoms with Crippen LogP contribution in [0.2, 0.25) is 5.02 Å². The van der Waals surface area contributed by atoms with Crippen LogP contribution in [-0.4, -0.2) is 12.0 Å². The lowest BCUT2D eigenvalue weighted by Crippen LogP contribution is -2.18. The second-order valence-corrected chi connectivity index (χ2v) is 5.39. The highest BCUT2D eigenvalue weighted by molar-refractivity contribution is 7.11. The Kier molecular flexibility index (Phi) is 4.31. The van der Waals surface area contributed by atoms with Crippen molar-refractivity contribution in [3.8, 4) is 0 Å². The van der Waals surface area contributed by atoms with Crippen molar-refractivity contribution in [3.05, 3.63) is 50.7 Å². The van der Waals surface area contributed by atoms with Crippen LogP contribution in [0.5, 0.6) is 0 Å². The van der Waals surface area contributed by atoms with Crippen molar-refractivity contribution in [3.63, 3.8) is 0 Å². The van der Waals surface area contributed by atoms with E-state index in [0.29, 0.717) is 11.3 Å². The highest BCUT2D eigenvalue weighted by atomic mass is 35.5. The van der Waals surface area contributed by atoms with E-state index >= 15 is 0 Å². The van der Waals surface area contributed by atoms with Crippen LogP contribution in [0.25, 0.3) is 0 Å². The summed E-state index contributed by atoms with van der Waals surface area (Å²) < 4.78 is 51.5. The molecule has 0 bridgehead atoms. The van der Waals surface area contributed by atoms with Crippen LogP contribution >= 0.6 is 22.9 Å². The van der Waals surface area contributed by atoms with E-state index < -0.39 is 23.0 Å². The van der Waals surface area contributed by atoms with Crippen LogP contribution in [0.3, 0.4) is 0 Å². The summed E-state index contributed by atoms with van der Waals surface area (Å²) in [6, 6.07) is 3.34. The molecule has 108 valence electrons. The van der Waals surface area contributed by atoms with Crippen molar-refractivity contribution in [2.45, 2.75) is 12.2 Å². The Labute approximate surface area is 121 Å². The summed E-state index contributed by atoms with van der Waals surface area (Å²) in [4.78, 5) is 3.57. The van der Waals surface area contributed by atoms with Gasteiger partial charge in [-0.1, -0.05) is 17.7 Å². The third-order valence-corrected chi connectivity index (χ3v) is 4.06. The lowest BCUT2D eigenvalue weighted by Gasteiger charge is -2.16. The third-order valence-electron chi connectivity index (χ3n) is 2.63. The number of hydrogen-bond acceptors (Lipinski definition) is 3. The molecule has 2 aromatic rings. The summed E-state index contributed by atoms with van der Waals surface area (Å²) in [6.45, 7) is 0. The molecule has 0 aliphatic carbocycles. The van der Waals surface area contributed by atoms with Gasteiger partial charge in [0.05, 0.1) is 6.04 Å². The SMILES string of the molecule is CNC(c1cnc(C(F)(F)F)s1)c1c(F)cccc1Cl. The first kappa shape index (κ1) is 15.2. The molecule has 0 saturated heterocycles. The minimum absolute atomic E-state index is 0.106. The van der Waals surface area contributed by atoms with Crippen LogP contribution in [0.4, 0.5) is 17.6 Å². The van der Waals surface area contributed by atoms with Crippen LogP contribution in [0.15, 0.2) is 24.4 Å². The predicted molar refractivity (Wildman–Crippen MR) is 69.4 cm³/mol. The molecule has 1 N–H and O–H groups in total. The quantitative estimate of drug-likeness (QED) is 0.853. The molecule has 1 heterocycles. The number of nitrogens with zero attached hydrogens (tertiary/aromatic N) is 1.